The van der Waals surface area contributed by atoms with Crippen molar-refractivity contribution >= 4 is 39.1 Å². The Bertz CT molecular complexity index is 1680. The monoisotopic (exact) mass is 535 g/mol. The molecule has 5 rings (SSSR count). The maximum atomic E-state index is 13.0. The van der Waals surface area contributed by atoms with Gasteiger partial charge in [-0.15, -0.1) is 0 Å². The Labute approximate surface area is 216 Å². The Hall–Kier alpha value is -4.82. The highest BCUT2D eigenvalue weighted by Crippen LogP contribution is 2.28. The largest absolute Gasteiger partial charge is 0.482 e. The van der Waals surface area contributed by atoms with E-state index in [1.54, 1.807) is 24.3 Å². The number of amides is 3. The summed E-state index contributed by atoms with van der Waals surface area (Å²) in [5.74, 6) is -0.748. The van der Waals surface area contributed by atoms with E-state index in [-0.39, 0.29) is 41.9 Å². The number of hydrogen-bond acceptors (Lipinski definition) is 8. The van der Waals surface area contributed by atoms with E-state index >= 15 is 0 Å². The van der Waals surface area contributed by atoms with Crippen molar-refractivity contribution in [2.75, 3.05) is 11.9 Å². The highest BCUT2D eigenvalue weighted by Gasteiger charge is 2.19. The standard InChI is InChI=1S/C24H21N7O6S/c25-38(35,36)16-4-1-14(2-5-16)11-27-24(34)19-10-18(29-21-7-8-28-31(19)21)23(33)26-12-15-3-6-20-17(9-15)30-22(32)13-37-20/h1-10H,11-13H2,(H,26,33)(H,27,34)(H,30,32)(H2,25,35,36). The number of aromatic nitrogens is 3. The fraction of sp³-hybridized carbons (Fsp3) is 0.125. The van der Waals surface area contributed by atoms with Gasteiger partial charge in [-0.25, -0.2) is 23.1 Å². The van der Waals surface area contributed by atoms with E-state index in [9.17, 15) is 22.8 Å². The van der Waals surface area contributed by atoms with Crippen molar-refractivity contribution in [2.45, 2.75) is 18.0 Å². The molecule has 14 heteroatoms. The number of primary sulfonamides is 1. The van der Waals surface area contributed by atoms with Gasteiger partial charge in [0.1, 0.15) is 17.1 Å². The van der Waals surface area contributed by atoms with Crippen LogP contribution in [0.25, 0.3) is 5.65 Å². The topological polar surface area (TPSA) is 187 Å². The first-order valence-corrected chi connectivity index (χ1v) is 12.8. The molecule has 3 heterocycles. The van der Waals surface area contributed by atoms with Gasteiger partial charge in [-0.2, -0.15) is 5.10 Å². The summed E-state index contributed by atoms with van der Waals surface area (Å²) in [4.78, 5) is 41.7. The smallest absolute Gasteiger partial charge is 0.270 e. The molecular formula is C24H21N7O6S. The lowest BCUT2D eigenvalue weighted by Crippen LogP contribution is -2.28. The number of nitrogens with two attached hydrogens (primary N) is 1. The summed E-state index contributed by atoms with van der Waals surface area (Å²) >= 11 is 0. The van der Waals surface area contributed by atoms with Crippen LogP contribution in [-0.4, -0.2) is 47.3 Å². The lowest BCUT2D eigenvalue weighted by atomic mass is 10.1. The molecule has 13 nitrogen and oxygen atoms in total. The molecule has 2 aromatic heterocycles. The predicted molar refractivity (Wildman–Crippen MR) is 134 cm³/mol. The third kappa shape index (κ3) is 5.30. The zero-order chi connectivity index (χ0) is 26.9. The number of fused-ring (bicyclic) bond motifs is 2. The third-order valence-electron chi connectivity index (χ3n) is 5.66. The van der Waals surface area contributed by atoms with Crippen LogP contribution in [0.4, 0.5) is 5.69 Å². The molecule has 0 bridgehead atoms. The second-order valence-corrected chi connectivity index (χ2v) is 9.91. The van der Waals surface area contributed by atoms with Crippen LogP contribution in [0.1, 0.15) is 32.1 Å². The first-order chi connectivity index (χ1) is 18.2. The zero-order valence-corrected chi connectivity index (χ0v) is 20.5. The summed E-state index contributed by atoms with van der Waals surface area (Å²) in [6.45, 7) is 0.186. The van der Waals surface area contributed by atoms with Gasteiger partial charge in [-0.3, -0.25) is 14.4 Å². The van der Waals surface area contributed by atoms with Gasteiger partial charge in [-0.1, -0.05) is 18.2 Å². The molecule has 0 atom stereocenters. The minimum Gasteiger partial charge on any atom is -0.482 e. The lowest BCUT2D eigenvalue weighted by Gasteiger charge is -2.18. The fourth-order valence-electron chi connectivity index (χ4n) is 3.77. The number of benzene rings is 2. The van der Waals surface area contributed by atoms with Crippen molar-refractivity contribution in [1.29, 1.82) is 0 Å². The van der Waals surface area contributed by atoms with Crippen LogP contribution < -0.4 is 25.8 Å². The van der Waals surface area contributed by atoms with E-state index in [1.807, 2.05) is 0 Å². The van der Waals surface area contributed by atoms with Gasteiger partial charge in [0.15, 0.2) is 12.3 Å². The van der Waals surface area contributed by atoms with Crippen LogP contribution in [0.3, 0.4) is 0 Å². The van der Waals surface area contributed by atoms with Gasteiger partial charge in [0.05, 0.1) is 16.8 Å². The zero-order valence-electron chi connectivity index (χ0n) is 19.7. The number of anilines is 1. The minimum absolute atomic E-state index is 0.00949. The number of nitrogens with one attached hydrogen (secondary N) is 3. The number of sulfonamides is 1. The molecule has 3 amide bonds. The molecule has 0 saturated carbocycles. The Morgan fingerprint density at radius 1 is 1.00 bits per heavy atom. The molecular weight excluding hydrogens is 514 g/mol. The number of carbonyl (C=O) groups excluding carboxylic acids is 3. The average molecular weight is 536 g/mol. The van der Waals surface area contributed by atoms with E-state index < -0.39 is 21.8 Å². The van der Waals surface area contributed by atoms with Crippen molar-refractivity contribution < 1.29 is 27.5 Å². The van der Waals surface area contributed by atoms with Crippen LogP contribution >= 0.6 is 0 Å². The molecule has 0 radical (unpaired) electrons. The predicted octanol–water partition coefficient (Wildman–Crippen LogP) is 0.568. The second-order valence-electron chi connectivity index (χ2n) is 8.35. The summed E-state index contributed by atoms with van der Waals surface area (Å²) in [5.41, 5.74) is 2.27. The Morgan fingerprint density at radius 2 is 1.71 bits per heavy atom. The van der Waals surface area contributed by atoms with Crippen LogP contribution in [0.5, 0.6) is 5.75 Å². The second kappa shape index (κ2) is 9.91. The number of rotatable bonds is 7. The van der Waals surface area contributed by atoms with E-state index in [0.29, 0.717) is 22.6 Å². The van der Waals surface area contributed by atoms with Gasteiger partial charge < -0.3 is 20.7 Å². The SMILES string of the molecule is NS(=O)(=O)c1ccc(CNC(=O)c2cc(C(=O)NCc3ccc4c(c3)NC(=O)CO4)nc3ccnn23)cc1. The van der Waals surface area contributed by atoms with Crippen LogP contribution in [0.15, 0.2) is 65.7 Å². The van der Waals surface area contributed by atoms with Crippen LogP contribution in [-0.2, 0) is 27.9 Å². The number of hydrogen-bond donors (Lipinski definition) is 4. The quantitative estimate of drug-likeness (QED) is 0.264. The molecule has 194 valence electrons. The molecule has 1 aliphatic heterocycles. The lowest BCUT2D eigenvalue weighted by molar-refractivity contribution is -0.118. The Balaban J connectivity index is 1.29. The Kier molecular flexibility index (Phi) is 6.48. The first-order valence-electron chi connectivity index (χ1n) is 11.3. The molecule has 5 N–H and O–H groups in total. The molecule has 0 fully saturated rings. The normalized spacial score (nSPS) is 12.8. The number of ether oxygens (including phenoxy) is 1. The highest BCUT2D eigenvalue weighted by atomic mass is 32.2. The molecule has 1 aliphatic rings. The van der Waals surface area contributed by atoms with Crippen LogP contribution in [0.2, 0.25) is 0 Å². The molecule has 0 unspecified atom stereocenters. The molecule has 0 spiro atoms. The van der Waals surface area contributed by atoms with Gasteiger partial charge in [-0.05, 0) is 35.4 Å². The maximum absolute atomic E-state index is 13.0. The van der Waals surface area contributed by atoms with E-state index in [1.165, 1.54) is 41.0 Å². The summed E-state index contributed by atoms with van der Waals surface area (Å²) in [7, 11) is -3.82. The average Bonchev–Trinajstić information content (AvgIpc) is 3.38. The van der Waals surface area contributed by atoms with Crippen molar-refractivity contribution in [2.24, 2.45) is 5.14 Å². The fourth-order valence-corrected chi connectivity index (χ4v) is 4.29. The number of nitrogens with zero attached hydrogens (tertiary/aromatic N) is 3. The van der Waals surface area contributed by atoms with E-state index in [2.05, 4.69) is 26.0 Å². The minimum atomic E-state index is -3.82. The third-order valence-corrected chi connectivity index (χ3v) is 6.59. The van der Waals surface area contributed by atoms with Crippen molar-refractivity contribution in [3.63, 3.8) is 0 Å². The van der Waals surface area contributed by atoms with E-state index in [4.69, 9.17) is 9.88 Å². The molecule has 0 aliphatic carbocycles. The maximum Gasteiger partial charge on any atom is 0.270 e. The summed E-state index contributed by atoms with van der Waals surface area (Å²) < 4.78 is 29.5. The van der Waals surface area contributed by atoms with Crippen LogP contribution in [0, 0.1) is 0 Å². The molecule has 2 aromatic carbocycles. The molecule has 38 heavy (non-hydrogen) atoms. The summed E-state index contributed by atoms with van der Waals surface area (Å²) in [5, 5.41) is 17.4. The Morgan fingerprint density at radius 3 is 2.47 bits per heavy atom. The van der Waals surface area contributed by atoms with Crippen molar-refractivity contribution in [1.82, 2.24) is 25.2 Å². The summed E-state index contributed by atoms with van der Waals surface area (Å²) in [6, 6.07) is 13.8. The first kappa shape index (κ1) is 24.9. The summed E-state index contributed by atoms with van der Waals surface area (Å²) in [6.07, 6.45) is 1.45. The van der Waals surface area contributed by atoms with Crippen molar-refractivity contribution in [3.05, 3.63) is 83.3 Å². The van der Waals surface area contributed by atoms with Gasteiger partial charge >= 0.3 is 0 Å². The van der Waals surface area contributed by atoms with Crippen molar-refractivity contribution in [3.8, 4) is 5.75 Å². The molecule has 0 saturated heterocycles. The highest BCUT2D eigenvalue weighted by molar-refractivity contribution is 7.89. The molecule has 4 aromatic rings. The van der Waals surface area contributed by atoms with Gasteiger partial charge in [0.2, 0.25) is 10.0 Å². The van der Waals surface area contributed by atoms with Gasteiger partial charge in [0.25, 0.3) is 17.7 Å². The van der Waals surface area contributed by atoms with E-state index in [0.717, 1.165) is 5.56 Å². The van der Waals surface area contributed by atoms with Gasteiger partial charge in [0, 0.05) is 25.2 Å². The number of carbonyl (C=O) groups is 3.